The second kappa shape index (κ2) is 9.99. The highest BCUT2D eigenvalue weighted by Crippen LogP contribution is 2.38. The third-order valence-electron chi connectivity index (χ3n) is 6.21. The van der Waals surface area contributed by atoms with E-state index in [1.807, 2.05) is 78.2 Å². The Morgan fingerprint density at radius 2 is 1.74 bits per heavy atom. The Hall–Kier alpha value is -4.69. The van der Waals surface area contributed by atoms with Gasteiger partial charge in [-0.3, -0.25) is 4.79 Å². The van der Waals surface area contributed by atoms with Crippen LogP contribution in [0.1, 0.15) is 27.6 Å². The summed E-state index contributed by atoms with van der Waals surface area (Å²) in [5.74, 6) is 0.474. The topological polar surface area (TPSA) is 86.8 Å². The Bertz CT molecular complexity index is 1680. The van der Waals surface area contributed by atoms with E-state index in [0.717, 1.165) is 11.1 Å². The molecule has 0 aliphatic carbocycles. The van der Waals surface area contributed by atoms with Gasteiger partial charge in [0.2, 0.25) is 6.79 Å². The number of nitrogens with one attached hydrogen (secondary N) is 1. The maximum absolute atomic E-state index is 13.7. The van der Waals surface area contributed by atoms with Crippen LogP contribution in [-0.2, 0) is 4.74 Å². The van der Waals surface area contributed by atoms with Crippen LogP contribution in [0.4, 0.5) is 5.00 Å². The fourth-order valence-electron chi connectivity index (χ4n) is 4.42. The van der Waals surface area contributed by atoms with E-state index in [0.29, 0.717) is 49.8 Å². The first-order valence-electron chi connectivity index (χ1n) is 12.1. The lowest BCUT2D eigenvalue weighted by Crippen LogP contribution is -2.15. The number of carbonyl (C=O) groups is 2. The molecule has 0 atom stereocenters. The van der Waals surface area contributed by atoms with E-state index in [1.54, 1.807) is 13.0 Å². The highest BCUT2D eigenvalue weighted by Gasteiger charge is 2.24. The molecule has 0 fully saturated rings. The Morgan fingerprint density at radius 3 is 2.58 bits per heavy atom. The maximum atomic E-state index is 13.7. The van der Waals surface area contributed by atoms with Crippen molar-refractivity contribution in [1.82, 2.24) is 4.98 Å². The first-order chi connectivity index (χ1) is 18.6. The third kappa shape index (κ3) is 4.35. The zero-order chi connectivity index (χ0) is 26.1. The number of esters is 1. The van der Waals surface area contributed by atoms with Gasteiger partial charge < -0.3 is 19.5 Å². The zero-order valence-electron chi connectivity index (χ0n) is 20.4. The molecule has 0 spiro atoms. The van der Waals surface area contributed by atoms with Gasteiger partial charge in [0.15, 0.2) is 11.5 Å². The van der Waals surface area contributed by atoms with E-state index in [9.17, 15) is 9.59 Å². The van der Waals surface area contributed by atoms with Crippen LogP contribution < -0.4 is 14.8 Å². The van der Waals surface area contributed by atoms with Crippen LogP contribution >= 0.6 is 11.3 Å². The molecular formula is C30H22N2O5S. The summed E-state index contributed by atoms with van der Waals surface area (Å²) >= 11 is 1.29. The van der Waals surface area contributed by atoms with Crippen molar-refractivity contribution in [3.63, 3.8) is 0 Å². The molecule has 0 bridgehead atoms. The number of nitrogens with zero attached hydrogens (tertiary/aromatic N) is 1. The molecule has 0 radical (unpaired) electrons. The van der Waals surface area contributed by atoms with Crippen molar-refractivity contribution in [1.29, 1.82) is 0 Å². The predicted molar refractivity (Wildman–Crippen MR) is 147 cm³/mol. The van der Waals surface area contributed by atoms with E-state index in [1.165, 1.54) is 11.3 Å². The van der Waals surface area contributed by atoms with Gasteiger partial charge in [-0.25, -0.2) is 9.78 Å². The molecule has 5 aromatic rings. The van der Waals surface area contributed by atoms with Crippen LogP contribution in [-0.4, -0.2) is 30.3 Å². The number of anilines is 1. The lowest BCUT2D eigenvalue weighted by molar-refractivity contribution is 0.0529. The number of para-hydroxylation sites is 1. The van der Waals surface area contributed by atoms with Crippen LogP contribution in [0.3, 0.4) is 0 Å². The Kier molecular flexibility index (Phi) is 6.23. The van der Waals surface area contributed by atoms with Crippen molar-refractivity contribution in [2.75, 3.05) is 18.7 Å². The minimum atomic E-state index is -0.483. The molecule has 0 saturated carbocycles. The second-order valence-corrected chi connectivity index (χ2v) is 9.41. The van der Waals surface area contributed by atoms with Gasteiger partial charge in [-0.2, -0.15) is 0 Å². The van der Waals surface area contributed by atoms with E-state index < -0.39 is 5.97 Å². The fourth-order valence-corrected chi connectivity index (χ4v) is 5.38. The van der Waals surface area contributed by atoms with E-state index in [2.05, 4.69) is 5.32 Å². The van der Waals surface area contributed by atoms with Gasteiger partial charge in [-0.1, -0.05) is 48.5 Å². The normalized spacial score (nSPS) is 11.9. The highest BCUT2D eigenvalue weighted by atomic mass is 32.1. The SMILES string of the molecule is CCOC(=O)c1c(-c2ccccc2)csc1NC(=O)c1cc(-c2ccc3c(c2)OCO3)nc2ccccc12. The molecule has 0 saturated heterocycles. The average molecular weight is 523 g/mol. The van der Waals surface area contributed by atoms with Crippen LogP contribution in [0, 0.1) is 0 Å². The quantitative estimate of drug-likeness (QED) is 0.247. The first kappa shape index (κ1) is 23.7. The molecule has 7 nitrogen and oxygen atoms in total. The van der Waals surface area contributed by atoms with Gasteiger partial charge in [0.05, 0.1) is 23.4 Å². The monoisotopic (exact) mass is 522 g/mol. The van der Waals surface area contributed by atoms with Crippen LogP contribution in [0.2, 0.25) is 0 Å². The predicted octanol–water partition coefficient (Wildman–Crippen LogP) is 6.79. The molecule has 1 aliphatic rings. The molecule has 2 aromatic heterocycles. The summed E-state index contributed by atoms with van der Waals surface area (Å²) in [4.78, 5) is 31.5. The molecule has 188 valence electrons. The molecule has 8 heteroatoms. The average Bonchev–Trinajstić information content (AvgIpc) is 3.59. The summed E-state index contributed by atoms with van der Waals surface area (Å²) in [5.41, 5.74) is 4.45. The molecule has 3 aromatic carbocycles. The smallest absolute Gasteiger partial charge is 0.341 e. The summed E-state index contributed by atoms with van der Waals surface area (Å²) in [6.07, 6.45) is 0. The van der Waals surface area contributed by atoms with E-state index in [-0.39, 0.29) is 19.3 Å². The number of benzene rings is 3. The summed E-state index contributed by atoms with van der Waals surface area (Å²) in [6.45, 7) is 2.15. The van der Waals surface area contributed by atoms with Crippen LogP contribution in [0.25, 0.3) is 33.3 Å². The molecule has 0 unspecified atom stereocenters. The zero-order valence-corrected chi connectivity index (χ0v) is 21.2. The van der Waals surface area contributed by atoms with E-state index >= 15 is 0 Å². The highest BCUT2D eigenvalue weighted by molar-refractivity contribution is 7.15. The summed E-state index contributed by atoms with van der Waals surface area (Å²) in [5, 5.41) is 5.97. The number of carbonyl (C=O) groups excluding carboxylic acids is 2. The molecule has 1 amide bonds. The maximum Gasteiger partial charge on any atom is 0.341 e. The Balaban J connectivity index is 1.41. The third-order valence-corrected chi connectivity index (χ3v) is 7.11. The van der Waals surface area contributed by atoms with Crippen LogP contribution in [0.5, 0.6) is 11.5 Å². The number of ether oxygens (including phenoxy) is 3. The first-order valence-corrected chi connectivity index (χ1v) is 13.0. The fraction of sp³-hybridized carbons (Fsp3) is 0.100. The van der Waals surface area contributed by atoms with Crippen molar-refractivity contribution >= 4 is 39.1 Å². The van der Waals surface area contributed by atoms with Crippen molar-refractivity contribution in [2.45, 2.75) is 6.92 Å². The minimum Gasteiger partial charge on any atom is -0.462 e. The summed E-state index contributed by atoms with van der Waals surface area (Å²) < 4.78 is 16.3. The number of fused-ring (bicyclic) bond motifs is 2. The summed E-state index contributed by atoms with van der Waals surface area (Å²) in [6, 6.07) is 24.4. The molecular weight excluding hydrogens is 500 g/mol. The second-order valence-electron chi connectivity index (χ2n) is 8.53. The number of aromatic nitrogens is 1. The van der Waals surface area contributed by atoms with Crippen LogP contribution in [0.15, 0.2) is 84.2 Å². The number of pyridine rings is 1. The Morgan fingerprint density at radius 1 is 0.947 bits per heavy atom. The number of thiophene rings is 1. The van der Waals surface area contributed by atoms with Gasteiger partial charge >= 0.3 is 5.97 Å². The largest absolute Gasteiger partial charge is 0.462 e. The molecule has 1 aliphatic heterocycles. The lowest BCUT2D eigenvalue weighted by atomic mass is 10.0. The number of hydrogen-bond acceptors (Lipinski definition) is 7. The minimum absolute atomic E-state index is 0.173. The van der Waals surface area contributed by atoms with Crippen molar-refractivity contribution in [3.8, 4) is 33.9 Å². The van der Waals surface area contributed by atoms with Gasteiger partial charge in [-0.15, -0.1) is 11.3 Å². The van der Waals surface area contributed by atoms with Gasteiger partial charge in [-0.05, 0) is 42.8 Å². The lowest BCUT2D eigenvalue weighted by Gasteiger charge is -2.12. The Labute approximate surface area is 222 Å². The van der Waals surface area contributed by atoms with Crippen molar-refractivity contribution in [3.05, 3.63) is 95.4 Å². The van der Waals surface area contributed by atoms with Gasteiger partial charge in [0.25, 0.3) is 5.91 Å². The number of hydrogen-bond donors (Lipinski definition) is 1. The van der Waals surface area contributed by atoms with Crippen molar-refractivity contribution in [2.24, 2.45) is 0 Å². The standard InChI is InChI=1S/C30H22N2O5S/c1-2-35-30(34)27-22(18-8-4-3-5-9-18)16-38-29(27)32-28(33)21-15-24(31-23-11-7-6-10-20(21)23)19-12-13-25-26(14-19)37-17-36-25/h3-16H,2,17H2,1H3,(H,32,33). The summed E-state index contributed by atoms with van der Waals surface area (Å²) in [7, 11) is 0. The number of rotatable bonds is 6. The van der Waals surface area contributed by atoms with Gasteiger partial charge in [0.1, 0.15) is 10.6 Å². The van der Waals surface area contributed by atoms with E-state index in [4.69, 9.17) is 19.2 Å². The molecule has 6 rings (SSSR count). The van der Waals surface area contributed by atoms with Gasteiger partial charge in [0, 0.05) is 21.9 Å². The molecule has 1 N–H and O–H groups in total. The van der Waals surface area contributed by atoms with Crippen molar-refractivity contribution < 1.29 is 23.8 Å². The molecule has 3 heterocycles. The number of amides is 1. The molecule has 38 heavy (non-hydrogen) atoms.